The Hall–Kier alpha value is -2.13. The molecule has 0 aromatic rings. The van der Waals surface area contributed by atoms with E-state index in [9.17, 15) is 37.9 Å². The zero-order chi connectivity index (χ0) is 42.7. The fraction of sp³-hybridized carbons (Fsp3) is 0.822. The van der Waals surface area contributed by atoms with E-state index in [2.05, 4.69) is 38.2 Å². The summed E-state index contributed by atoms with van der Waals surface area (Å²) in [6.45, 7) is 3.71. The molecule has 1 saturated heterocycles. The summed E-state index contributed by atoms with van der Waals surface area (Å²) in [4.78, 5) is 25.3. The third-order valence-corrected chi connectivity index (χ3v) is 11.0. The standard InChI is InChI=1S/C45H80O12S/c1-3-5-7-9-11-13-15-17-18-19-20-22-24-26-28-30-32-34-41(47)56-38(36-55-45-44(50)43(49)42(48)39(57-45)37-58(51,52)53)35-54-40(46)33-31-29-27-25-23-21-16-14-12-10-8-6-4-2/h17-18,20,22,26,28,38-39,42-45,48-50H,3-16,19,21,23-25,27,29-37H2,1-2H3,(H,51,52,53)/b18-17+,22-20+,28-26+/t38-,39-,42-,43?,44?,45+/m1/s1. The summed E-state index contributed by atoms with van der Waals surface area (Å²) in [5.74, 6) is -2.05. The molecule has 12 nitrogen and oxygen atoms in total. The van der Waals surface area contributed by atoms with Crippen molar-refractivity contribution in [1.29, 1.82) is 0 Å². The van der Waals surface area contributed by atoms with Crippen LogP contribution >= 0.6 is 0 Å². The van der Waals surface area contributed by atoms with Gasteiger partial charge in [0.1, 0.15) is 36.8 Å². The molecule has 6 atom stereocenters. The van der Waals surface area contributed by atoms with E-state index in [1.165, 1.54) is 96.3 Å². The van der Waals surface area contributed by atoms with Crippen LogP contribution in [0.25, 0.3) is 0 Å². The van der Waals surface area contributed by atoms with Gasteiger partial charge in [0.2, 0.25) is 0 Å². The van der Waals surface area contributed by atoms with Crippen LogP contribution in [0.3, 0.4) is 0 Å². The lowest BCUT2D eigenvalue weighted by Crippen LogP contribution is -2.60. The van der Waals surface area contributed by atoms with Gasteiger partial charge in [-0.05, 0) is 44.9 Å². The lowest BCUT2D eigenvalue weighted by Gasteiger charge is -2.40. The number of rotatable bonds is 37. The second-order valence-corrected chi connectivity index (χ2v) is 17.2. The van der Waals surface area contributed by atoms with Crippen molar-refractivity contribution in [2.24, 2.45) is 0 Å². The van der Waals surface area contributed by atoms with E-state index in [1.807, 2.05) is 12.2 Å². The molecule has 0 amide bonds. The van der Waals surface area contributed by atoms with Gasteiger partial charge >= 0.3 is 11.9 Å². The van der Waals surface area contributed by atoms with Crippen molar-refractivity contribution in [2.45, 2.75) is 218 Å². The van der Waals surface area contributed by atoms with Crippen molar-refractivity contribution in [1.82, 2.24) is 0 Å². The molecular formula is C45H80O12S. The van der Waals surface area contributed by atoms with Crippen LogP contribution in [0.1, 0.15) is 181 Å². The van der Waals surface area contributed by atoms with Crippen molar-refractivity contribution in [3.05, 3.63) is 36.5 Å². The lowest BCUT2D eigenvalue weighted by atomic mass is 10.00. The van der Waals surface area contributed by atoms with Crippen LogP contribution in [0.4, 0.5) is 0 Å². The highest BCUT2D eigenvalue weighted by Gasteiger charge is 2.46. The van der Waals surface area contributed by atoms with Gasteiger partial charge in [-0.2, -0.15) is 8.42 Å². The topological polar surface area (TPSA) is 186 Å². The van der Waals surface area contributed by atoms with Crippen molar-refractivity contribution in [3.8, 4) is 0 Å². The van der Waals surface area contributed by atoms with Crippen molar-refractivity contribution in [3.63, 3.8) is 0 Å². The molecule has 338 valence electrons. The SMILES string of the molecule is CCCCCCCC/C=C/C/C=C/C/C=C/CCCC(=O)O[C@H](COC(=O)CCCCCCCCCCCCCCC)CO[C@H]1O[C@H](CS(=O)(=O)O)[C@@H](O)C(O)C1O. The quantitative estimate of drug-likeness (QED) is 0.0202. The van der Waals surface area contributed by atoms with Crippen LogP contribution in [0, 0.1) is 0 Å². The number of aliphatic hydroxyl groups excluding tert-OH is 3. The summed E-state index contributed by atoms with van der Waals surface area (Å²) in [7, 11) is -4.61. The number of ether oxygens (including phenoxy) is 4. The predicted octanol–water partition coefficient (Wildman–Crippen LogP) is 9.00. The second kappa shape index (κ2) is 35.6. The first kappa shape index (κ1) is 53.9. The smallest absolute Gasteiger partial charge is 0.306 e. The van der Waals surface area contributed by atoms with Crippen LogP contribution in [0.15, 0.2) is 36.5 Å². The molecule has 0 spiro atoms. The highest BCUT2D eigenvalue weighted by atomic mass is 32.2. The number of unbranched alkanes of at least 4 members (excludes halogenated alkanes) is 19. The number of esters is 2. The molecule has 0 aromatic heterocycles. The molecule has 0 radical (unpaired) electrons. The van der Waals surface area contributed by atoms with E-state index in [0.29, 0.717) is 19.3 Å². The van der Waals surface area contributed by atoms with Crippen LogP contribution < -0.4 is 0 Å². The maximum absolute atomic E-state index is 12.8. The Bertz CT molecular complexity index is 1220. The highest BCUT2D eigenvalue weighted by Crippen LogP contribution is 2.24. The zero-order valence-electron chi connectivity index (χ0n) is 35.9. The van der Waals surface area contributed by atoms with E-state index in [-0.39, 0.29) is 19.4 Å². The molecule has 0 aromatic carbocycles. The highest BCUT2D eigenvalue weighted by molar-refractivity contribution is 7.85. The second-order valence-electron chi connectivity index (χ2n) is 15.7. The number of allylic oxidation sites excluding steroid dienone is 6. The summed E-state index contributed by atoms with van der Waals surface area (Å²) in [5.41, 5.74) is 0. The predicted molar refractivity (Wildman–Crippen MR) is 229 cm³/mol. The van der Waals surface area contributed by atoms with E-state index in [1.54, 1.807) is 0 Å². The Morgan fingerprint density at radius 2 is 1.05 bits per heavy atom. The first-order valence-corrected chi connectivity index (χ1v) is 24.2. The summed E-state index contributed by atoms with van der Waals surface area (Å²) >= 11 is 0. The fourth-order valence-corrected chi connectivity index (χ4v) is 7.38. The Labute approximate surface area is 351 Å². The van der Waals surface area contributed by atoms with Gasteiger partial charge < -0.3 is 34.3 Å². The van der Waals surface area contributed by atoms with Gasteiger partial charge in [-0.1, -0.05) is 159 Å². The number of carbonyl (C=O) groups is 2. The Morgan fingerprint density at radius 1 is 0.586 bits per heavy atom. The number of hydrogen-bond donors (Lipinski definition) is 4. The first-order valence-electron chi connectivity index (χ1n) is 22.5. The Balaban J connectivity index is 2.49. The molecule has 1 heterocycles. The molecule has 1 aliphatic heterocycles. The summed E-state index contributed by atoms with van der Waals surface area (Å²) in [6, 6.07) is 0. The van der Waals surface area contributed by atoms with Crippen LogP contribution in [-0.4, -0.2) is 96.0 Å². The molecule has 2 unspecified atom stereocenters. The minimum absolute atomic E-state index is 0.0941. The summed E-state index contributed by atoms with van der Waals surface area (Å²) < 4.78 is 54.0. The van der Waals surface area contributed by atoms with Crippen LogP contribution in [-0.2, 0) is 38.7 Å². The molecule has 0 saturated carbocycles. The van der Waals surface area contributed by atoms with E-state index < -0.39 is 71.2 Å². The minimum Gasteiger partial charge on any atom is -0.462 e. The number of carbonyl (C=O) groups excluding carboxylic acids is 2. The zero-order valence-corrected chi connectivity index (χ0v) is 36.7. The fourth-order valence-electron chi connectivity index (χ4n) is 6.69. The average Bonchev–Trinajstić information content (AvgIpc) is 3.18. The van der Waals surface area contributed by atoms with Gasteiger partial charge in [-0.15, -0.1) is 0 Å². The summed E-state index contributed by atoms with van der Waals surface area (Å²) in [6.07, 6.45) is 30.5. The molecule has 58 heavy (non-hydrogen) atoms. The largest absolute Gasteiger partial charge is 0.462 e. The molecule has 4 N–H and O–H groups in total. The van der Waals surface area contributed by atoms with E-state index in [0.717, 1.165) is 38.5 Å². The maximum atomic E-state index is 12.8. The normalized spacial score (nSPS) is 20.7. The van der Waals surface area contributed by atoms with Gasteiger partial charge in [0.25, 0.3) is 10.1 Å². The molecular weight excluding hydrogens is 765 g/mol. The van der Waals surface area contributed by atoms with Crippen molar-refractivity contribution < 1.29 is 56.8 Å². The molecule has 13 heteroatoms. The minimum atomic E-state index is -4.61. The number of aliphatic hydroxyl groups is 3. The molecule has 1 aliphatic rings. The van der Waals surface area contributed by atoms with E-state index in [4.69, 9.17) is 18.9 Å². The van der Waals surface area contributed by atoms with Gasteiger partial charge in [-0.25, -0.2) is 0 Å². The van der Waals surface area contributed by atoms with E-state index >= 15 is 0 Å². The Kier molecular flexibility index (Phi) is 33.1. The Morgan fingerprint density at radius 3 is 1.59 bits per heavy atom. The van der Waals surface area contributed by atoms with Crippen molar-refractivity contribution in [2.75, 3.05) is 19.0 Å². The molecule has 1 fully saturated rings. The van der Waals surface area contributed by atoms with Crippen molar-refractivity contribution >= 4 is 22.1 Å². The molecule has 1 rings (SSSR count). The number of hydrogen-bond acceptors (Lipinski definition) is 11. The van der Waals surface area contributed by atoms with Gasteiger partial charge in [0.15, 0.2) is 12.4 Å². The first-order chi connectivity index (χ1) is 28.0. The lowest BCUT2D eigenvalue weighted by molar-refractivity contribution is -0.297. The maximum Gasteiger partial charge on any atom is 0.306 e. The van der Waals surface area contributed by atoms with Gasteiger partial charge in [0, 0.05) is 12.8 Å². The average molecular weight is 845 g/mol. The third kappa shape index (κ3) is 30.0. The van der Waals surface area contributed by atoms with Gasteiger partial charge in [-0.3, -0.25) is 14.1 Å². The monoisotopic (exact) mass is 845 g/mol. The van der Waals surface area contributed by atoms with Crippen LogP contribution in [0.5, 0.6) is 0 Å². The third-order valence-electron chi connectivity index (χ3n) is 10.2. The van der Waals surface area contributed by atoms with Gasteiger partial charge in [0.05, 0.1) is 6.61 Å². The summed E-state index contributed by atoms with van der Waals surface area (Å²) in [5, 5.41) is 30.8. The van der Waals surface area contributed by atoms with Crippen LogP contribution in [0.2, 0.25) is 0 Å². The molecule has 0 bridgehead atoms. The molecule has 0 aliphatic carbocycles.